The summed E-state index contributed by atoms with van der Waals surface area (Å²) in [6.07, 6.45) is 3.27. The highest BCUT2D eigenvalue weighted by molar-refractivity contribution is 7.18. The van der Waals surface area contributed by atoms with Crippen molar-refractivity contribution >= 4 is 27.5 Å². The van der Waals surface area contributed by atoms with Crippen LogP contribution in [0.15, 0.2) is 24.3 Å². The molecule has 1 heterocycles. The Bertz CT molecular complexity index is 647. The topological polar surface area (TPSA) is 65.8 Å². The lowest BCUT2D eigenvalue weighted by Gasteiger charge is -2.18. The number of hydrogen-bond donors (Lipinski definition) is 1. The van der Waals surface area contributed by atoms with Crippen LogP contribution in [0.25, 0.3) is 10.2 Å². The first-order valence-electron chi connectivity index (χ1n) is 6.77. The van der Waals surface area contributed by atoms with Gasteiger partial charge in [-0.05, 0) is 25.0 Å². The summed E-state index contributed by atoms with van der Waals surface area (Å²) in [5.74, 6) is -0.142. The Morgan fingerprint density at radius 3 is 2.85 bits per heavy atom. The first-order valence-corrected chi connectivity index (χ1v) is 7.59. The molecule has 2 aromatic rings. The van der Waals surface area contributed by atoms with Crippen molar-refractivity contribution in [3.63, 3.8) is 0 Å². The second-order valence-electron chi connectivity index (χ2n) is 5.16. The fraction of sp³-hybridized carbons (Fsp3) is 0.400. The van der Waals surface area contributed by atoms with Crippen LogP contribution in [-0.4, -0.2) is 10.9 Å². The normalized spacial score (nSPS) is 16.9. The van der Waals surface area contributed by atoms with Gasteiger partial charge in [0, 0.05) is 0 Å². The maximum Gasteiger partial charge on any atom is 0.240 e. The van der Waals surface area contributed by atoms with E-state index in [0.717, 1.165) is 28.1 Å². The van der Waals surface area contributed by atoms with Crippen LogP contribution in [0.3, 0.4) is 0 Å². The minimum absolute atomic E-state index is 0.142. The highest BCUT2D eigenvalue weighted by Gasteiger charge is 2.41. The van der Waals surface area contributed by atoms with E-state index in [4.69, 9.17) is 0 Å². The van der Waals surface area contributed by atoms with Crippen LogP contribution in [0.1, 0.15) is 30.7 Å². The highest BCUT2D eigenvalue weighted by atomic mass is 32.1. The van der Waals surface area contributed by atoms with E-state index in [1.54, 1.807) is 11.3 Å². The van der Waals surface area contributed by atoms with Crippen molar-refractivity contribution in [2.24, 2.45) is 5.41 Å². The summed E-state index contributed by atoms with van der Waals surface area (Å²) >= 11 is 1.58. The summed E-state index contributed by atoms with van der Waals surface area (Å²) in [5, 5.41) is 13.0. The van der Waals surface area contributed by atoms with Gasteiger partial charge in [0.15, 0.2) is 0 Å². The molecule has 1 aromatic heterocycles. The Hall–Kier alpha value is -1.93. The van der Waals surface area contributed by atoms with E-state index in [1.807, 2.05) is 24.3 Å². The van der Waals surface area contributed by atoms with Crippen molar-refractivity contribution in [2.75, 3.05) is 0 Å². The van der Waals surface area contributed by atoms with Gasteiger partial charge >= 0.3 is 0 Å². The minimum Gasteiger partial charge on any atom is -0.348 e. The van der Waals surface area contributed by atoms with Crippen LogP contribution < -0.4 is 5.32 Å². The van der Waals surface area contributed by atoms with Crippen LogP contribution in [0, 0.1) is 16.7 Å². The fourth-order valence-corrected chi connectivity index (χ4v) is 3.60. The zero-order valence-corrected chi connectivity index (χ0v) is 11.9. The Balaban J connectivity index is 1.70. The lowest BCUT2D eigenvalue weighted by atomic mass is 9.87. The molecule has 0 spiro atoms. The number of carbonyl (C=O) groups is 1. The number of hydrogen-bond acceptors (Lipinski definition) is 4. The number of fused-ring (bicyclic) bond motifs is 1. The van der Waals surface area contributed by atoms with Gasteiger partial charge in [0.2, 0.25) is 5.91 Å². The molecule has 0 radical (unpaired) electrons. The van der Waals surface area contributed by atoms with E-state index in [9.17, 15) is 10.1 Å². The molecule has 5 heteroatoms. The lowest BCUT2D eigenvalue weighted by molar-refractivity contribution is -0.128. The van der Waals surface area contributed by atoms with E-state index < -0.39 is 5.41 Å². The van der Waals surface area contributed by atoms with Crippen LogP contribution in [0.5, 0.6) is 0 Å². The smallest absolute Gasteiger partial charge is 0.240 e. The number of aromatic nitrogens is 1. The molecule has 1 N–H and O–H groups in total. The predicted molar refractivity (Wildman–Crippen MR) is 78.0 cm³/mol. The van der Waals surface area contributed by atoms with E-state index in [-0.39, 0.29) is 5.91 Å². The molecule has 1 fully saturated rings. The van der Waals surface area contributed by atoms with Gasteiger partial charge in [-0.1, -0.05) is 25.0 Å². The second kappa shape index (κ2) is 5.22. The average Bonchev–Trinajstić information content (AvgIpc) is 3.11. The third kappa shape index (κ3) is 2.27. The molecule has 0 unspecified atom stereocenters. The largest absolute Gasteiger partial charge is 0.348 e. The summed E-state index contributed by atoms with van der Waals surface area (Å²) in [6, 6.07) is 10.1. The van der Waals surface area contributed by atoms with Gasteiger partial charge in [-0.3, -0.25) is 4.79 Å². The van der Waals surface area contributed by atoms with E-state index >= 15 is 0 Å². The SMILES string of the molecule is N#CC1(C(=O)NCc2nc3ccccc3s2)CCCC1. The second-order valence-corrected chi connectivity index (χ2v) is 6.27. The van der Waals surface area contributed by atoms with E-state index in [0.29, 0.717) is 19.4 Å². The molecule has 1 amide bonds. The standard InChI is InChI=1S/C15H15N3OS/c16-10-15(7-3-4-8-15)14(19)17-9-13-18-11-5-1-2-6-12(11)20-13/h1-2,5-6H,3-4,7-9H2,(H,17,19). The zero-order chi connectivity index (χ0) is 14.0. The molecule has 0 saturated heterocycles. The highest BCUT2D eigenvalue weighted by Crippen LogP contribution is 2.37. The molecule has 1 aliphatic carbocycles. The average molecular weight is 285 g/mol. The van der Waals surface area contributed by atoms with Crippen molar-refractivity contribution in [3.05, 3.63) is 29.3 Å². The molecular weight excluding hydrogens is 270 g/mol. The van der Waals surface area contributed by atoms with Crippen LogP contribution in [0.2, 0.25) is 0 Å². The zero-order valence-electron chi connectivity index (χ0n) is 11.1. The number of para-hydroxylation sites is 1. The third-order valence-electron chi connectivity index (χ3n) is 3.84. The molecule has 102 valence electrons. The Kier molecular flexibility index (Phi) is 3.41. The molecule has 1 aliphatic rings. The molecule has 0 bridgehead atoms. The summed E-state index contributed by atoms with van der Waals surface area (Å²) in [7, 11) is 0. The van der Waals surface area contributed by atoms with Gasteiger partial charge in [-0.15, -0.1) is 11.3 Å². The number of nitriles is 1. The molecule has 4 nitrogen and oxygen atoms in total. The van der Waals surface area contributed by atoms with Gasteiger partial charge in [0.25, 0.3) is 0 Å². The Morgan fingerprint density at radius 1 is 1.40 bits per heavy atom. The van der Waals surface area contributed by atoms with E-state index in [2.05, 4.69) is 16.4 Å². The first-order chi connectivity index (χ1) is 9.73. The summed E-state index contributed by atoms with van der Waals surface area (Å²) in [4.78, 5) is 16.7. The maximum atomic E-state index is 12.2. The van der Waals surface area contributed by atoms with Crippen molar-refractivity contribution in [1.82, 2.24) is 10.3 Å². The summed E-state index contributed by atoms with van der Waals surface area (Å²) in [6.45, 7) is 0.404. The summed E-state index contributed by atoms with van der Waals surface area (Å²) < 4.78 is 1.12. The number of carbonyl (C=O) groups excluding carboxylic acids is 1. The molecular formula is C15H15N3OS. The molecule has 3 rings (SSSR count). The van der Waals surface area contributed by atoms with E-state index in [1.165, 1.54) is 0 Å². The third-order valence-corrected chi connectivity index (χ3v) is 4.88. The minimum atomic E-state index is -0.809. The molecule has 1 saturated carbocycles. The fourth-order valence-electron chi connectivity index (χ4n) is 2.69. The van der Waals surface area contributed by atoms with Gasteiger partial charge in [-0.25, -0.2) is 4.98 Å². The number of nitrogens with one attached hydrogen (secondary N) is 1. The number of rotatable bonds is 3. The Labute approximate surface area is 121 Å². The first kappa shape index (κ1) is 13.1. The van der Waals surface area contributed by atoms with Crippen molar-refractivity contribution < 1.29 is 4.79 Å². The quantitative estimate of drug-likeness (QED) is 0.942. The molecule has 0 atom stereocenters. The number of amides is 1. The van der Waals surface area contributed by atoms with Crippen molar-refractivity contribution in [1.29, 1.82) is 5.26 Å². The monoisotopic (exact) mass is 285 g/mol. The van der Waals surface area contributed by atoms with Gasteiger partial charge < -0.3 is 5.32 Å². The Morgan fingerprint density at radius 2 is 2.15 bits per heavy atom. The number of nitrogens with zero attached hydrogens (tertiary/aromatic N) is 2. The van der Waals surface area contributed by atoms with Crippen molar-refractivity contribution in [2.45, 2.75) is 32.2 Å². The lowest BCUT2D eigenvalue weighted by Crippen LogP contribution is -2.37. The van der Waals surface area contributed by atoms with Gasteiger partial charge in [-0.2, -0.15) is 5.26 Å². The molecule has 1 aromatic carbocycles. The maximum absolute atomic E-state index is 12.2. The van der Waals surface area contributed by atoms with Gasteiger partial charge in [0.1, 0.15) is 10.4 Å². The van der Waals surface area contributed by atoms with Crippen LogP contribution >= 0.6 is 11.3 Å². The van der Waals surface area contributed by atoms with Crippen LogP contribution in [-0.2, 0) is 11.3 Å². The van der Waals surface area contributed by atoms with Gasteiger partial charge in [0.05, 0.1) is 22.8 Å². The summed E-state index contributed by atoms with van der Waals surface area (Å²) in [5.41, 5.74) is 0.147. The van der Waals surface area contributed by atoms with Crippen molar-refractivity contribution in [3.8, 4) is 6.07 Å². The number of benzene rings is 1. The predicted octanol–water partition coefficient (Wildman–Crippen LogP) is 3.00. The molecule has 0 aliphatic heterocycles. The number of thiazole rings is 1. The van der Waals surface area contributed by atoms with Crippen LogP contribution in [0.4, 0.5) is 0 Å². The molecule has 20 heavy (non-hydrogen) atoms.